The van der Waals surface area contributed by atoms with Gasteiger partial charge in [0.1, 0.15) is 0 Å². The molecule has 108 valence electrons. The van der Waals surface area contributed by atoms with Gasteiger partial charge in [-0.25, -0.2) is 0 Å². The van der Waals surface area contributed by atoms with E-state index in [1.165, 1.54) is 16.7 Å². The Morgan fingerprint density at radius 3 is 2.57 bits per heavy atom. The number of aryl methyl sites for hydroxylation is 1. The normalized spacial score (nSPS) is 19.1. The second kappa shape index (κ2) is 6.35. The molecule has 0 spiro atoms. The van der Waals surface area contributed by atoms with Crippen molar-refractivity contribution in [1.29, 1.82) is 0 Å². The molecule has 0 aromatic heterocycles. The fourth-order valence-electron chi connectivity index (χ4n) is 2.63. The van der Waals surface area contributed by atoms with Gasteiger partial charge in [-0.1, -0.05) is 66.4 Å². The summed E-state index contributed by atoms with van der Waals surface area (Å²) in [6.45, 7) is 5.21. The van der Waals surface area contributed by atoms with Gasteiger partial charge in [0.2, 0.25) is 0 Å². The van der Waals surface area contributed by atoms with Crippen molar-refractivity contribution in [2.24, 2.45) is 4.99 Å². The summed E-state index contributed by atoms with van der Waals surface area (Å²) in [5.74, 6) is 0. The number of aliphatic imine (C=N–C) groups is 1. The van der Waals surface area contributed by atoms with Crippen molar-refractivity contribution in [2.75, 3.05) is 6.54 Å². The summed E-state index contributed by atoms with van der Waals surface area (Å²) in [6, 6.07) is 19.4. The molecule has 0 saturated carbocycles. The minimum Gasteiger partial charge on any atom is -0.358 e. The molecular formula is C18H20N2S. The number of benzene rings is 2. The third-order valence-electron chi connectivity index (χ3n) is 3.82. The highest BCUT2D eigenvalue weighted by Crippen LogP contribution is 2.35. The molecule has 2 aromatic rings. The van der Waals surface area contributed by atoms with Crippen LogP contribution < -0.4 is 5.32 Å². The Morgan fingerprint density at radius 2 is 1.81 bits per heavy atom. The average molecular weight is 296 g/mol. The molecule has 2 aromatic carbocycles. The third kappa shape index (κ3) is 3.30. The molecule has 3 heteroatoms. The summed E-state index contributed by atoms with van der Waals surface area (Å²) in [5.41, 5.74) is 4.01. The first-order valence-corrected chi connectivity index (χ1v) is 8.20. The van der Waals surface area contributed by atoms with Crippen molar-refractivity contribution in [3.63, 3.8) is 0 Å². The van der Waals surface area contributed by atoms with Crippen LogP contribution in [0.25, 0.3) is 0 Å². The number of hydrogen-bond acceptors (Lipinski definition) is 3. The molecule has 1 aliphatic heterocycles. The van der Waals surface area contributed by atoms with E-state index in [0.29, 0.717) is 5.25 Å². The van der Waals surface area contributed by atoms with Crippen LogP contribution in [0.4, 0.5) is 0 Å². The van der Waals surface area contributed by atoms with E-state index in [2.05, 4.69) is 78.8 Å². The van der Waals surface area contributed by atoms with Crippen molar-refractivity contribution in [1.82, 2.24) is 5.32 Å². The van der Waals surface area contributed by atoms with Crippen molar-refractivity contribution in [2.45, 2.75) is 25.1 Å². The first kappa shape index (κ1) is 14.2. The number of nitrogens with one attached hydrogen (secondary N) is 1. The van der Waals surface area contributed by atoms with Crippen LogP contribution >= 0.6 is 11.8 Å². The Morgan fingerprint density at radius 1 is 1.10 bits per heavy atom. The van der Waals surface area contributed by atoms with Crippen LogP contribution in [0.1, 0.15) is 34.9 Å². The van der Waals surface area contributed by atoms with Gasteiger partial charge in [-0.05, 0) is 30.5 Å². The van der Waals surface area contributed by atoms with Crippen molar-refractivity contribution in [3.05, 3.63) is 71.3 Å². The quantitative estimate of drug-likeness (QED) is 0.902. The number of thioether (sulfide) groups is 1. The average Bonchev–Trinajstić information content (AvgIpc) is 2.97. The van der Waals surface area contributed by atoms with Crippen LogP contribution in [-0.4, -0.2) is 11.7 Å². The van der Waals surface area contributed by atoms with Crippen LogP contribution in [0, 0.1) is 6.92 Å². The van der Waals surface area contributed by atoms with E-state index >= 15 is 0 Å². The fraction of sp³-hybridized carbons (Fsp3) is 0.278. The van der Waals surface area contributed by atoms with Crippen LogP contribution in [0.15, 0.2) is 59.6 Å². The summed E-state index contributed by atoms with van der Waals surface area (Å²) in [7, 11) is 0. The van der Waals surface area contributed by atoms with E-state index in [4.69, 9.17) is 0 Å². The van der Waals surface area contributed by atoms with Crippen LogP contribution in [0.5, 0.6) is 0 Å². The Hall–Kier alpha value is -1.74. The van der Waals surface area contributed by atoms with Crippen molar-refractivity contribution in [3.8, 4) is 0 Å². The molecule has 1 heterocycles. The van der Waals surface area contributed by atoms with Gasteiger partial charge in [-0.15, -0.1) is 0 Å². The Bertz CT molecular complexity index is 637. The maximum atomic E-state index is 4.66. The third-order valence-corrected chi connectivity index (χ3v) is 5.00. The summed E-state index contributed by atoms with van der Waals surface area (Å²) in [5, 5.41) is 5.05. The van der Waals surface area contributed by atoms with Crippen LogP contribution in [0.2, 0.25) is 0 Å². The van der Waals surface area contributed by atoms with Gasteiger partial charge in [-0.2, -0.15) is 0 Å². The van der Waals surface area contributed by atoms with Crippen molar-refractivity contribution < 1.29 is 0 Å². The zero-order valence-corrected chi connectivity index (χ0v) is 13.2. The van der Waals surface area contributed by atoms with E-state index in [1.807, 2.05) is 11.8 Å². The van der Waals surface area contributed by atoms with Gasteiger partial charge in [0.05, 0.1) is 17.8 Å². The van der Waals surface area contributed by atoms with Gasteiger partial charge < -0.3 is 5.32 Å². The van der Waals surface area contributed by atoms with Crippen LogP contribution in [-0.2, 0) is 0 Å². The van der Waals surface area contributed by atoms with Gasteiger partial charge in [0, 0.05) is 0 Å². The molecule has 0 aliphatic carbocycles. The second-order valence-electron chi connectivity index (χ2n) is 5.39. The number of rotatable bonds is 3. The predicted octanol–water partition coefficient (Wildman–Crippen LogP) is 4.49. The Balaban J connectivity index is 1.64. The minimum absolute atomic E-state index is 0.284. The van der Waals surface area contributed by atoms with E-state index in [9.17, 15) is 0 Å². The zero-order chi connectivity index (χ0) is 14.7. The first-order valence-electron chi connectivity index (χ1n) is 7.32. The Labute approximate surface area is 130 Å². The molecule has 0 saturated heterocycles. The summed E-state index contributed by atoms with van der Waals surface area (Å²) < 4.78 is 0. The van der Waals surface area contributed by atoms with E-state index < -0.39 is 0 Å². The van der Waals surface area contributed by atoms with Crippen molar-refractivity contribution >= 4 is 16.9 Å². The maximum absolute atomic E-state index is 4.66. The van der Waals surface area contributed by atoms with Crippen LogP contribution in [0.3, 0.4) is 0 Å². The highest BCUT2D eigenvalue weighted by molar-refractivity contribution is 8.14. The maximum Gasteiger partial charge on any atom is 0.157 e. The summed E-state index contributed by atoms with van der Waals surface area (Å²) >= 11 is 1.83. The number of nitrogens with zero attached hydrogens (tertiary/aromatic N) is 1. The monoisotopic (exact) mass is 296 g/mol. The molecule has 0 fully saturated rings. The zero-order valence-electron chi connectivity index (χ0n) is 12.4. The lowest BCUT2D eigenvalue weighted by molar-refractivity contribution is 0.717. The van der Waals surface area contributed by atoms with Gasteiger partial charge >= 0.3 is 0 Å². The number of amidine groups is 1. The molecule has 21 heavy (non-hydrogen) atoms. The first-order chi connectivity index (χ1) is 10.2. The highest BCUT2D eigenvalue weighted by atomic mass is 32.2. The molecule has 1 N–H and O–H groups in total. The minimum atomic E-state index is 0.284. The molecule has 0 amide bonds. The molecular weight excluding hydrogens is 276 g/mol. The highest BCUT2D eigenvalue weighted by Gasteiger charge is 2.22. The number of hydrogen-bond donors (Lipinski definition) is 1. The lowest BCUT2D eigenvalue weighted by atomic mass is 10.0. The molecule has 3 rings (SSSR count). The fourth-order valence-corrected chi connectivity index (χ4v) is 3.74. The second-order valence-corrected chi connectivity index (χ2v) is 6.58. The molecule has 2 atom stereocenters. The van der Waals surface area contributed by atoms with Gasteiger partial charge in [0.25, 0.3) is 0 Å². The van der Waals surface area contributed by atoms with E-state index in [-0.39, 0.29) is 6.04 Å². The standard InChI is InChI=1S/C18H20N2S/c1-13-8-6-7-11-16(13)14(2)20-18-19-12-17(21-18)15-9-4-3-5-10-15/h3-11,14,17H,12H2,1-2H3,(H,19,20). The SMILES string of the molecule is Cc1ccccc1C(C)NC1=NCC(c2ccccc2)S1. The summed E-state index contributed by atoms with van der Waals surface area (Å²) in [4.78, 5) is 4.66. The molecule has 2 unspecified atom stereocenters. The summed E-state index contributed by atoms with van der Waals surface area (Å²) in [6.07, 6.45) is 0. The predicted molar refractivity (Wildman–Crippen MR) is 91.8 cm³/mol. The smallest absolute Gasteiger partial charge is 0.157 e. The van der Waals surface area contributed by atoms with E-state index in [0.717, 1.165) is 11.7 Å². The van der Waals surface area contributed by atoms with Gasteiger partial charge in [0.15, 0.2) is 5.17 Å². The molecule has 1 aliphatic rings. The van der Waals surface area contributed by atoms with Gasteiger partial charge in [-0.3, -0.25) is 4.99 Å². The molecule has 2 nitrogen and oxygen atoms in total. The topological polar surface area (TPSA) is 24.4 Å². The molecule has 0 bridgehead atoms. The lowest BCUT2D eigenvalue weighted by Crippen LogP contribution is -2.23. The molecule has 0 radical (unpaired) electrons. The van der Waals surface area contributed by atoms with E-state index in [1.54, 1.807) is 0 Å². The Kier molecular flexibility index (Phi) is 4.30. The lowest BCUT2D eigenvalue weighted by Gasteiger charge is -2.17. The largest absolute Gasteiger partial charge is 0.358 e.